The molecule has 1 atom stereocenters. The maximum atomic E-state index is 11.6. The Morgan fingerprint density at radius 2 is 2.14 bits per heavy atom. The molecular formula is C15H16N2O2S2. The molecule has 4 nitrogen and oxygen atoms in total. The van der Waals surface area contributed by atoms with E-state index in [2.05, 4.69) is 16.7 Å². The van der Waals surface area contributed by atoms with Crippen LogP contribution in [-0.4, -0.2) is 37.2 Å². The van der Waals surface area contributed by atoms with Crippen molar-refractivity contribution >= 4 is 45.2 Å². The highest BCUT2D eigenvalue weighted by Gasteiger charge is 2.35. The molecule has 2 heterocycles. The minimum atomic E-state index is -0.815. The lowest BCUT2D eigenvalue weighted by atomic mass is 9.97. The summed E-state index contributed by atoms with van der Waals surface area (Å²) in [4.78, 5) is 13.4. The number of hydrogen-bond donors (Lipinski definition) is 1. The van der Waals surface area contributed by atoms with E-state index in [1.54, 1.807) is 0 Å². The molecule has 6 heteroatoms. The first kappa shape index (κ1) is 14.4. The third kappa shape index (κ3) is 2.22. The van der Waals surface area contributed by atoms with E-state index in [1.807, 2.05) is 30.3 Å². The summed E-state index contributed by atoms with van der Waals surface area (Å²) in [6.45, 7) is 0.553. The van der Waals surface area contributed by atoms with Crippen LogP contribution in [0.1, 0.15) is 11.3 Å². The van der Waals surface area contributed by atoms with Gasteiger partial charge in [-0.1, -0.05) is 30.4 Å². The molecule has 1 N–H and O–H groups in total. The van der Waals surface area contributed by atoms with Crippen molar-refractivity contribution in [2.75, 3.05) is 6.26 Å². The topological polar surface area (TPSA) is 45.5 Å². The minimum Gasteiger partial charge on any atom is -0.480 e. The van der Waals surface area contributed by atoms with Gasteiger partial charge < -0.3 is 14.6 Å². The van der Waals surface area contributed by atoms with Crippen LogP contribution in [0, 0.1) is 0 Å². The van der Waals surface area contributed by atoms with Crippen LogP contribution in [0.5, 0.6) is 0 Å². The minimum absolute atomic E-state index is 0.493. The van der Waals surface area contributed by atoms with Crippen LogP contribution < -0.4 is 0 Å². The molecule has 1 aliphatic rings. The summed E-state index contributed by atoms with van der Waals surface area (Å²) < 4.78 is 2.79. The largest absolute Gasteiger partial charge is 0.480 e. The van der Waals surface area contributed by atoms with Gasteiger partial charge in [0.1, 0.15) is 10.4 Å². The smallest absolute Gasteiger partial charge is 0.326 e. The number of thiocarbonyl (C=S) groups is 1. The van der Waals surface area contributed by atoms with Crippen LogP contribution in [0.2, 0.25) is 0 Å². The summed E-state index contributed by atoms with van der Waals surface area (Å²) in [5.41, 5.74) is 3.44. The molecular weight excluding hydrogens is 304 g/mol. The fourth-order valence-corrected chi connectivity index (χ4v) is 3.68. The Hall–Kier alpha value is -1.53. The Bertz CT molecular complexity index is 739. The second kappa shape index (κ2) is 5.35. The van der Waals surface area contributed by atoms with Crippen molar-refractivity contribution in [3.63, 3.8) is 0 Å². The second-order valence-electron chi connectivity index (χ2n) is 5.16. The molecule has 1 aromatic heterocycles. The first-order valence-corrected chi connectivity index (χ1v) is 8.30. The summed E-state index contributed by atoms with van der Waals surface area (Å²) in [5.74, 6) is -0.815. The van der Waals surface area contributed by atoms with Crippen molar-refractivity contribution in [1.29, 1.82) is 0 Å². The summed E-state index contributed by atoms with van der Waals surface area (Å²) >= 11 is 6.77. The van der Waals surface area contributed by atoms with Gasteiger partial charge in [-0.05, 0) is 17.9 Å². The van der Waals surface area contributed by atoms with Crippen LogP contribution in [0.3, 0.4) is 0 Å². The fourth-order valence-electron chi connectivity index (χ4n) is 3.06. The average molecular weight is 320 g/mol. The first-order valence-electron chi connectivity index (χ1n) is 6.67. The standard InChI is InChI=1S/C15H16N2O2S2/c1-16-11-6-4-3-5-9(11)10-7-12(14(18)19)17(8-13(10)16)15(20)21-2/h3-6,12H,7-8H2,1-2H3,(H,18,19). The predicted molar refractivity (Wildman–Crippen MR) is 89.7 cm³/mol. The van der Waals surface area contributed by atoms with E-state index in [-0.39, 0.29) is 0 Å². The SMILES string of the molecule is CSC(=S)N1Cc2c(c3ccccc3n2C)CC1C(=O)O. The van der Waals surface area contributed by atoms with Gasteiger partial charge in [-0.15, -0.1) is 11.8 Å². The molecule has 0 saturated heterocycles. The number of carboxylic acids is 1. The molecule has 1 unspecified atom stereocenters. The van der Waals surface area contributed by atoms with Gasteiger partial charge in [0.25, 0.3) is 0 Å². The molecule has 0 saturated carbocycles. The molecule has 0 amide bonds. The van der Waals surface area contributed by atoms with E-state index in [9.17, 15) is 9.90 Å². The van der Waals surface area contributed by atoms with Gasteiger partial charge in [0.15, 0.2) is 0 Å². The molecule has 1 aromatic carbocycles. The zero-order valence-electron chi connectivity index (χ0n) is 11.9. The van der Waals surface area contributed by atoms with Crippen molar-refractivity contribution in [3.8, 4) is 0 Å². The molecule has 0 fully saturated rings. The molecule has 21 heavy (non-hydrogen) atoms. The highest BCUT2D eigenvalue weighted by Crippen LogP contribution is 2.33. The number of hydrogen-bond acceptors (Lipinski definition) is 3. The molecule has 0 radical (unpaired) electrons. The number of carboxylic acid groups (broad SMARTS) is 1. The number of carbonyl (C=O) groups is 1. The van der Waals surface area contributed by atoms with E-state index >= 15 is 0 Å². The lowest BCUT2D eigenvalue weighted by Gasteiger charge is -2.34. The third-order valence-corrected chi connectivity index (χ3v) is 5.45. The number of aryl methyl sites for hydroxylation is 1. The average Bonchev–Trinajstić information content (AvgIpc) is 2.78. The molecule has 2 aromatic rings. The summed E-state index contributed by atoms with van der Waals surface area (Å²) in [6.07, 6.45) is 2.38. The number of fused-ring (bicyclic) bond motifs is 3. The third-order valence-electron chi connectivity index (χ3n) is 4.13. The maximum absolute atomic E-state index is 11.6. The lowest BCUT2D eigenvalue weighted by molar-refractivity contribution is -0.142. The van der Waals surface area contributed by atoms with Gasteiger partial charge >= 0.3 is 5.97 Å². The Labute approximate surface area is 132 Å². The monoisotopic (exact) mass is 320 g/mol. The van der Waals surface area contributed by atoms with Gasteiger partial charge in [0.2, 0.25) is 0 Å². The number of benzene rings is 1. The molecule has 110 valence electrons. The number of rotatable bonds is 1. The lowest BCUT2D eigenvalue weighted by Crippen LogP contribution is -2.47. The number of aromatic nitrogens is 1. The number of thioether (sulfide) groups is 1. The van der Waals surface area contributed by atoms with E-state index in [0.29, 0.717) is 17.3 Å². The van der Waals surface area contributed by atoms with Crippen LogP contribution in [0.4, 0.5) is 0 Å². The van der Waals surface area contributed by atoms with Crippen molar-refractivity contribution in [2.45, 2.75) is 19.0 Å². The van der Waals surface area contributed by atoms with Crippen molar-refractivity contribution in [3.05, 3.63) is 35.5 Å². The van der Waals surface area contributed by atoms with E-state index in [0.717, 1.165) is 22.2 Å². The zero-order valence-corrected chi connectivity index (χ0v) is 13.5. The number of para-hydroxylation sites is 1. The summed E-state index contributed by atoms with van der Waals surface area (Å²) in [7, 11) is 2.03. The Morgan fingerprint density at radius 3 is 2.81 bits per heavy atom. The quantitative estimate of drug-likeness (QED) is 0.819. The summed E-state index contributed by atoms with van der Waals surface area (Å²) in [5, 5.41) is 10.7. The Kier molecular flexibility index (Phi) is 3.67. The number of aliphatic carboxylic acids is 1. The highest BCUT2D eigenvalue weighted by atomic mass is 32.2. The molecule has 0 aliphatic carbocycles. The van der Waals surface area contributed by atoms with Gasteiger partial charge in [-0.3, -0.25) is 0 Å². The summed E-state index contributed by atoms with van der Waals surface area (Å²) in [6, 6.07) is 7.56. The molecule has 0 bridgehead atoms. The van der Waals surface area contributed by atoms with Crippen LogP contribution in [-0.2, 0) is 24.8 Å². The number of nitrogens with zero attached hydrogens (tertiary/aromatic N) is 2. The Balaban J connectivity index is 2.15. The van der Waals surface area contributed by atoms with Crippen LogP contribution in [0.15, 0.2) is 24.3 Å². The van der Waals surface area contributed by atoms with Crippen molar-refractivity contribution in [2.24, 2.45) is 7.05 Å². The van der Waals surface area contributed by atoms with Gasteiger partial charge in [0.05, 0.1) is 6.54 Å². The molecule has 0 spiro atoms. The van der Waals surface area contributed by atoms with Crippen molar-refractivity contribution < 1.29 is 9.90 Å². The van der Waals surface area contributed by atoms with Gasteiger partial charge in [-0.25, -0.2) is 4.79 Å². The van der Waals surface area contributed by atoms with Gasteiger partial charge in [0, 0.05) is 30.1 Å². The second-order valence-corrected chi connectivity index (χ2v) is 6.60. The predicted octanol–water partition coefficient (Wildman–Crippen LogP) is 2.64. The highest BCUT2D eigenvalue weighted by molar-refractivity contribution is 8.22. The molecule has 1 aliphatic heterocycles. The van der Waals surface area contributed by atoms with Gasteiger partial charge in [-0.2, -0.15) is 0 Å². The first-order chi connectivity index (χ1) is 10.0. The van der Waals surface area contributed by atoms with E-state index in [4.69, 9.17) is 12.2 Å². The maximum Gasteiger partial charge on any atom is 0.326 e. The van der Waals surface area contributed by atoms with Crippen LogP contribution in [0.25, 0.3) is 10.9 Å². The zero-order chi connectivity index (χ0) is 15.1. The van der Waals surface area contributed by atoms with Crippen molar-refractivity contribution in [1.82, 2.24) is 9.47 Å². The van der Waals surface area contributed by atoms with Crippen LogP contribution >= 0.6 is 24.0 Å². The fraction of sp³-hybridized carbons (Fsp3) is 0.333. The normalized spacial score (nSPS) is 17.8. The van der Waals surface area contributed by atoms with E-state index < -0.39 is 12.0 Å². The Morgan fingerprint density at radius 1 is 1.43 bits per heavy atom. The van der Waals surface area contributed by atoms with E-state index in [1.165, 1.54) is 11.8 Å². The molecule has 3 rings (SSSR count).